The van der Waals surface area contributed by atoms with Crippen molar-refractivity contribution >= 4 is 22.6 Å². The van der Waals surface area contributed by atoms with Crippen LogP contribution in [0.5, 0.6) is 0 Å². The quantitative estimate of drug-likeness (QED) is 0.760. The molecule has 0 aliphatic carbocycles. The molecule has 0 aliphatic heterocycles. The number of rotatable bonds is 2. The lowest BCUT2D eigenvalue weighted by Crippen LogP contribution is -2.11. The highest BCUT2D eigenvalue weighted by atomic mass is 16.5. The molecule has 3 rings (SSSR count). The number of amides is 1. The van der Waals surface area contributed by atoms with Crippen LogP contribution in [0.1, 0.15) is 16.1 Å². The van der Waals surface area contributed by atoms with Gasteiger partial charge < -0.3 is 9.84 Å². The summed E-state index contributed by atoms with van der Waals surface area (Å²) in [7, 11) is 0. The molecule has 4 heteroatoms. The SMILES string of the molecule is Cc1noc2cc(NC(=O)c3ccccc3)ccc12. The molecule has 94 valence electrons. The number of carbonyl (C=O) groups is 1. The molecule has 2 aromatic carbocycles. The van der Waals surface area contributed by atoms with Crippen LogP contribution in [0.25, 0.3) is 11.0 Å². The van der Waals surface area contributed by atoms with Crippen molar-refractivity contribution in [1.29, 1.82) is 0 Å². The maximum atomic E-state index is 12.0. The predicted molar refractivity (Wildman–Crippen MR) is 73.1 cm³/mol. The van der Waals surface area contributed by atoms with Crippen molar-refractivity contribution in [3.8, 4) is 0 Å². The standard InChI is InChI=1S/C15H12N2O2/c1-10-13-8-7-12(9-14(13)19-17-10)16-15(18)11-5-3-2-4-6-11/h2-9H,1H3,(H,16,18). The summed E-state index contributed by atoms with van der Waals surface area (Å²) in [6.45, 7) is 1.88. The second kappa shape index (κ2) is 4.57. The first-order valence-corrected chi connectivity index (χ1v) is 5.96. The molecule has 19 heavy (non-hydrogen) atoms. The van der Waals surface area contributed by atoms with Gasteiger partial charge in [0.05, 0.1) is 5.69 Å². The summed E-state index contributed by atoms with van der Waals surface area (Å²) in [6.07, 6.45) is 0. The summed E-state index contributed by atoms with van der Waals surface area (Å²) in [5, 5.41) is 7.68. The molecule has 0 saturated heterocycles. The molecule has 3 aromatic rings. The molecule has 0 aliphatic rings. The molecule has 0 unspecified atom stereocenters. The zero-order valence-electron chi connectivity index (χ0n) is 10.4. The van der Waals surface area contributed by atoms with E-state index >= 15 is 0 Å². The summed E-state index contributed by atoms with van der Waals surface area (Å²) in [4.78, 5) is 12.0. The van der Waals surface area contributed by atoms with E-state index in [0.717, 1.165) is 11.1 Å². The normalized spacial score (nSPS) is 10.6. The minimum Gasteiger partial charge on any atom is -0.356 e. The fourth-order valence-corrected chi connectivity index (χ4v) is 1.93. The molecule has 0 spiro atoms. The molecule has 0 radical (unpaired) electrons. The van der Waals surface area contributed by atoms with E-state index in [9.17, 15) is 4.79 Å². The van der Waals surface area contributed by atoms with Gasteiger partial charge in [0.25, 0.3) is 5.91 Å². The summed E-state index contributed by atoms with van der Waals surface area (Å²) in [6, 6.07) is 14.6. The van der Waals surface area contributed by atoms with E-state index in [1.165, 1.54) is 0 Å². The highest BCUT2D eigenvalue weighted by Crippen LogP contribution is 2.22. The van der Waals surface area contributed by atoms with Gasteiger partial charge in [-0.3, -0.25) is 4.79 Å². The second-order valence-corrected chi connectivity index (χ2v) is 4.30. The highest BCUT2D eigenvalue weighted by Gasteiger charge is 2.08. The van der Waals surface area contributed by atoms with Crippen LogP contribution in [0, 0.1) is 6.92 Å². The van der Waals surface area contributed by atoms with Crippen LogP contribution in [0.3, 0.4) is 0 Å². The minimum absolute atomic E-state index is 0.142. The van der Waals surface area contributed by atoms with E-state index in [1.54, 1.807) is 18.2 Å². The maximum absolute atomic E-state index is 12.0. The lowest BCUT2D eigenvalue weighted by atomic mass is 10.2. The average Bonchev–Trinajstić information content (AvgIpc) is 2.81. The van der Waals surface area contributed by atoms with E-state index in [-0.39, 0.29) is 5.91 Å². The third kappa shape index (κ3) is 2.20. The van der Waals surface area contributed by atoms with E-state index < -0.39 is 0 Å². The van der Waals surface area contributed by atoms with Crippen LogP contribution in [0.15, 0.2) is 53.1 Å². The van der Waals surface area contributed by atoms with Gasteiger partial charge in [-0.1, -0.05) is 23.4 Å². The Morgan fingerprint density at radius 1 is 1.16 bits per heavy atom. The van der Waals surface area contributed by atoms with Gasteiger partial charge in [0.1, 0.15) is 0 Å². The van der Waals surface area contributed by atoms with Crippen molar-refractivity contribution < 1.29 is 9.32 Å². The van der Waals surface area contributed by atoms with E-state index in [1.807, 2.05) is 37.3 Å². The van der Waals surface area contributed by atoms with Gasteiger partial charge in [-0.05, 0) is 31.2 Å². The number of aryl methyl sites for hydroxylation is 1. The Hall–Kier alpha value is -2.62. The third-order valence-electron chi connectivity index (χ3n) is 2.95. The Labute approximate surface area is 110 Å². The molecule has 0 saturated carbocycles. The molecule has 0 bridgehead atoms. The van der Waals surface area contributed by atoms with Gasteiger partial charge in [0.2, 0.25) is 0 Å². The molecule has 1 amide bonds. The van der Waals surface area contributed by atoms with E-state index in [4.69, 9.17) is 4.52 Å². The first kappa shape index (κ1) is 11.5. The predicted octanol–water partition coefficient (Wildman–Crippen LogP) is 3.39. The molecule has 0 fully saturated rings. The van der Waals surface area contributed by atoms with Gasteiger partial charge >= 0.3 is 0 Å². The molecular weight excluding hydrogens is 240 g/mol. The Bertz CT molecular complexity index is 732. The second-order valence-electron chi connectivity index (χ2n) is 4.30. The Balaban J connectivity index is 1.87. The van der Waals surface area contributed by atoms with Crippen molar-refractivity contribution in [2.75, 3.05) is 5.32 Å². The molecule has 1 heterocycles. The summed E-state index contributed by atoms with van der Waals surface area (Å²) >= 11 is 0. The summed E-state index contributed by atoms with van der Waals surface area (Å²) in [5.74, 6) is -0.142. The van der Waals surface area contributed by atoms with Crippen molar-refractivity contribution in [1.82, 2.24) is 5.16 Å². The number of carbonyl (C=O) groups excluding carboxylic acids is 1. The number of nitrogens with zero attached hydrogens (tertiary/aromatic N) is 1. The number of hydrogen-bond acceptors (Lipinski definition) is 3. The van der Waals surface area contributed by atoms with Crippen molar-refractivity contribution in [2.45, 2.75) is 6.92 Å². The number of nitrogens with one attached hydrogen (secondary N) is 1. The number of benzene rings is 2. The van der Waals surface area contributed by atoms with Crippen LogP contribution < -0.4 is 5.32 Å². The summed E-state index contributed by atoms with van der Waals surface area (Å²) < 4.78 is 5.18. The Morgan fingerprint density at radius 3 is 2.74 bits per heavy atom. The molecule has 0 atom stereocenters. The fourth-order valence-electron chi connectivity index (χ4n) is 1.93. The van der Waals surface area contributed by atoms with Gasteiger partial charge in [-0.15, -0.1) is 0 Å². The first-order valence-electron chi connectivity index (χ1n) is 5.96. The number of hydrogen-bond donors (Lipinski definition) is 1. The maximum Gasteiger partial charge on any atom is 0.255 e. The molecule has 1 aromatic heterocycles. The van der Waals surface area contributed by atoms with Crippen LogP contribution in [0.4, 0.5) is 5.69 Å². The van der Waals surface area contributed by atoms with E-state index in [2.05, 4.69) is 10.5 Å². The zero-order valence-corrected chi connectivity index (χ0v) is 10.4. The smallest absolute Gasteiger partial charge is 0.255 e. The highest BCUT2D eigenvalue weighted by molar-refractivity contribution is 6.05. The van der Waals surface area contributed by atoms with Crippen molar-refractivity contribution in [2.24, 2.45) is 0 Å². The lowest BCUT2D eigenvalue weighted by Gasteiger charge is -2.04. The Kier molecular flexibility index (Phi) is 2.76. The fraction of sp³-hybridized carbons (Fsp3) is 0.0667. The number of anilines is 1. The first-order chi connectivity index (χ1) is 9.24. The van der Waals surface area contributed by atoms with Crippen LogP contribution in [0.2, 0.25) is 0 Å². The molecule has 4 nitrogen and oxygen atoms in total. The lowest BCUT2D eigenvalue weighted by molar-refractivity contribution is 0.102. The van der Waals surface area contributed by atoms with Crippen LogP contribution in [-0.2, 0) is 0 Å². The van der Waals surface area contributed by atoms with Crippen LogP contribution >= 0.6 is 0 Å². The largest absolute Gasteiger partial charge is 0.356 e. The van der Waals surface area contributed by atoms with Crippen molar-refractivity contribution in [3.63, 3.8) is 0 Å². The van der Waals surface area contributed by atoms with E-state index in [0.29, 0.717) is 16.8 Å². The minimum atomic E-state index is -0.142. The van der Waals surface area contributed by atoms with Crippen molar-refractivity contribution in [3.05, 3.63) is 59.8 Å². The topological polar surface area (TPSA) is 55.1 Å². The van der Waals surface area contributed by atoms with Gasteiger partial charge in [-0.25, -0.2) is 0 Å². The van der Waals surface area contributed by atoms with Gasteiger partial charge in [-0.2, -0.15) is 0 Å². The number of fused-ring (bicyclic) bond motifs is 1. The third-order valence-corrected chi connectivity index (χ3v) is 2.95. The molecular formula is C15H12N2O2. The zero-order chi connectivity index (χ0) is 13.2. The number of aromatic nitrogens is 1. The Morgan fingerprint density at radius 2 is 1.95 bits per heavy atom. The van der Waals surface area contributed by atoms with Crippen LogP contribution in [-0.4, -0.2) is 11.1 Å². The monoisotopic (exact) mass is 252 g/mol. The van der Waals surface area contributed by atoms with Gasteiger partial charge in [0.15, 0.2) is 5.58 Å². The summed E-state index contributed by atoms with van der Waals surface area (Å²) in [5.41, 5.74) is 2.83. The molecule has 1 N–H and O–H groups in total. The average molecular weight is 252 g/mol. The van der Waals surface area contributed by atoms with Gasteiger partial charge in [0, 0.05) is 22.7 Å².